The van der Waals surface area contributed by atoms with Gasteiger partial charge in [-0.05, 0) is 60.7 Å². The molecular formula is C22H26N4O2. The van der Waals surface area contributed by atoms with Crippen LogP contribution in [0.1, 0.15) is 41.1 Å². The molecule has 0 aromatic heterocycles. The molecule has 2 fully saturated rings. The second-order valence-corrected chi connectivity index (χ2v) is 7.58. The number of anilines is 2. The molecule has 1 saturated carbocycles. The second kappa shape index (κ2) is 7.92. The van der Waals surface area contributed by atoms with E-state index in [4.69, 9.17) is 5.73 Å². The van der Waals surface area contributed by atoms with Crippen LogP contribution in [0.25, 0.3) is 0 Å². The number of amides is 3. The van der Waals surface area contributed by atoms with E-state index in [1.54, 1.807) is 34.1 Å². The van der Waals surface area contributed by atoms with Gasteiger partial charge >= 0.3 is 6.03 Å². The number of nitrogens with one attached hydrogen (secondary N) is 1. The van der Waals surface area contributed by atoms with E-state index in [9.17, 15) is 9.59 Å². The molecule has 2 aromatic carbocycles. The van der Waals surface area contributed by atoms with E-state index in [0.29, 0.717) is 43.3 Å². The maximum atomic E-state index is 12.6. The van der Waals surface area contributed by atoms with E-state index < -0.39 is 0 Å². The lowest BCUT2D eigenvalue weighted by atomic mass is 9.80. The molecule has 2 aromatic rings. The van der Waals surface area contributed by atoms with Gasteiger partial charge in [0, 0.05) is 43.1 Å². The van der Waals surface area contributed by atoms with Crippen molar-refractivity contribution in [3.8, 4) is 0 Å². The van der Waals surface area contributed by atoms with Gasteiger partial charge in [-0.2, -0.15) is 0 Å². The first-order valence-corrected chi connectivity index (χ1v) is 9.91. The monoisotopic (exact) mass is 378 g/mol. The van der Waals surface area contributed by atoms with E-state index in [0.717, 1.165) is 5.69 Å². The van der Waals surface area contributed by atoms with Crippen molar-refractivity contribution in [1.82, 2.24) is 9.80 Å². The van der Waals surface area contributed by atoms with Gasteiger partial charge in [0.25, 0.3) is 5.91 Å². The second-order valence-electron chi connectivity index (χ2n) is 7.58. The molecule has 1 aliphatic carbocycles. The van der Waals surface area contributed by atoms with E-state index in [1.165, 1.54) is 24.8 Å². The van der Waals surface area contributed by atoms with Gasteiger partial charge in [-0.25, -0.2) is 4.79 Å². The third-order valence-corrected chi connectivity index (χ3v) is 5.75. The van der Waals surface area contributed by atoms with Gasteiger partial charge in [-0.1, -0.05) is 18.6 Å². The van der Waals surface area contributed by atoms with Crippen molar-refractivity contribution in [2.24, 2.45) is 0 Å². The molecule has 6 heteroatoms. The molecule has 1 aliphatic heterocycles. The molecule has 2 aliphatic rings. The SMILES string of the molecule is Nc1ccc(C(=O)N2CCN(C(=O)Nc3ccc(C4CCC4)cc3)CC2)cc1. The van der Waals surface area contributed by atoms with Crippen molar-refractivity contribution in [3.05, 3.63) is 59.7 Å². The highest BCUT2D eigenvalue weighted by molar-refractivity contribution is 5.95. The predicted octanol–water partition coefficient (Wildman–Crippen LogP) is 3.53. The molecular weight excluding hydrogens is 352 g/mol. The maximum Gasteiger partial charge on any atom is 0.321 e. The Hall–Kier alpha value is -3.02. The summed E-state index contributed by atoms with van der Waals surface area (Å²) in [5, 5.41) is 2.97. The zero-order valence-electron chi connectivity index (χ0n) is 15.9. The van der Waals surface area contributed by atoms with Crippen LogP contribution in [0.5, 0.6) is 0 Å². The van der Waals surface area contributed by atoms with E-state index in [2.05, 4.69) is 17.4 Å². The predicted molar refractivity (Wildman–Crippen MR) is 110 cm³/mol. The van der Waals surface area contributed by atoms with Crippen LogP contribution in [0, 0.1) is 0 Å². The summed E-state index contributed by atoms with van der Waals surface area (Å²) in [6.07, 6.45) is 3.85. The minimum absolute atomic E-state index is 0.0216. The number of urea groups is 1. The third kappa shape index (κ3) is 3.96. The molecule has 146 valence electrons. The first-order chi connectivity index (χ1) is 13.6. The van der Waals surface area contributed by atoms with Gasteiger partial charge in [-0.3, -0.25) is 4.79 Å². The Morgan fingerprint density at radius 3 is 2.04 bits per heavy atom. The summed E-state index contributed by atoms with van der Waals surface area (Å²) in [5.74, 6) is 0.670. The first kappa shape index (κ1) is 18.3. The molecule has 0 unspecified atom stereocenters. The Balaban J connectivity index is 1.28. The van der Waals surface area contributed by atoms with Crippen LogP contribution in [-0.2, 0) is 0 Å². The lowest BCUT2D eigenvalue weighted by molar-refractivity contribution is 0.0671. The number of rotatable bonds is 3. The third-order valence-electron chi connectivity index (χ3n) is 5.75. The van der Waals surface area contributed by atoms with Gasteiger partial charge < -0.3 is 20.9 Å². The summed E-state index contributed by atoms with van der Waals surface area (Å²) in [7, 11) is 0. The molecule has 3 N–H and O–H groups in total. The lowest BCUT2D eigenvalue weighted by Gasteiger charge is -2.34. The Kier molecular flexibility index (Phi) is 5.19. The minimum Gasteiger partial charge on any atom is -0.399 e. The highest BCUT2D eigenvalue weighted by Gasteiger charge is 2.25. The summed E-state index contributed by atoms with van der Waals surface area (Å²) in [5.41, 5.74) is 9.11. The van der Waals surface area contributed by atoms with E-state index in [1.807, 2.05) is 12.1 Å². The molecule has 3 amide bonds. The first-order valence-electron chi connectivity index (χ1n) is 9.91. The van der Waals surface area contributed by atoms with Crippen molar-refractivity contribution in [1.29, 1.82) is 0 Å². The number of piperazine rings is 1. The van der Waals surface area contributed by atoms with Crippen molar-refractivity contribution < 1.29 is 9.59 Å². The van der Waals surface area contributed by atoms with Gasteiger partial charge in [0.05, 0.1) is 0 Å². The van der Waals surface area contributed by atoms with Gasteiger partial charge in [0.1, 0.15) is 0 Å². The average molecular weight is 378 g/mol. The summed E-state index contributed by atoms with van der Waals surface area (Å²) in [6.45, 7) is 2.09. The molecule has 0 bridgehead atoms. The Bertz CT molecular complexity index is 836. The van der Waals surface area contributed by atoms with Crippen molar-refractivity contribution in [2.75, 3.05) is 37.2 Å². The summed E-state index contributed by atoms with van der Waals surface area (Å²) in [6, 6.07) is 15.0. The number of carbonyl (C=O) groups excluding carboxylic acids is 2. The smallest absolute Gasteiger partial charge is 0.321 e. The van der Waals surface area contributed by atoms with Crippen LogP contribution in [-0.4, -0.2) is 47.9 Å². The van der Waals surface area contributed by atoms with Crippen LogP contribution in [0.4, 0.5) is 16.2 Å². The normalized spacial score (nSPS) is 17.1. The van der Waals surface area contributed by atoms with E-state index in [-0.39, 0.29) is 11.9 Å². The van der Waals surface area contributed by atoms with Crippen LogP contribution in [0.15, 0.2) is 48.5 Å². The van der Waals surface area contributed by atoms with Crippen LogP contribution < -0.4 is 11.1 Å². The zero-order chi connectivity index (χ0) is 19.5. The zero-order valence-corrected chi connectivity index (χ0v) is 15.9. The summed E-state index contributed by atoms with van der Waals surface area (Å²) >= 11 is 0. The molecule has 4 rings (SSSR count). The van der Waals surface area contributed by atoms with Crippen LogP contribution >= 0.6 is 0 Å². The van der Waals surface area contributed by atoms with Crippen molar-refractivity contribution >= 4 is 23.3 Å². The fourth-order valence-electron chi connectivity index (χ4n) is 3.70. The largest absolute Gasteiger partial charge is 0.399 e. The van der Waals surface area contributed by atoms with Crippen molar-refractivity contribution in [2.45, 2.75) is 25.2 Å². The highest BCUT2D eigenvalue weighted by Crippen LogP contribution is 2.36. The number of nitrogens with zero attached hydrogens (tertiary/aromatic N) is 2. The fraction of sp³-hybridized carbons (Fsp3) is 0.364. The molecule has 28 heavy (non-hydrogen) atoms. The Labute approximate surface area is 165 Å². The average Bonchev–Trinajstić information content (AvgIpc) is 2.68. The molecule has 6 nitrogen and oxygen atoms in total. The fourth-order valence-corrected chi connectivity index (χ4v) is 3.70. The van der Waals surface area contributed by atoms with Crippen LogP contribution in [0.3, 0.4) is 0 Å². The summed E-state index contributed by atoms with van der Waals surface area (Å²) < 4.78 is 0. The Morgan fingerprint density at radius 1 is 0.857 bits per heavy atom. The number of nitrogen functional groups attached to an aromatic ring is 1. The molecule has 1 heterocycles. The number of carbonyl (C=O) groups is 2. The van der Waals surface area contributed by atoms with Crippen molar-refractivity contribution in [3.63, 3.8) is 0 Å². The topological polar surface area (TPSA) is 78.7 Å². The number of hydrogen-bond acceptors (Lipinski definition) is 3. The molecule has 0 atom stereocenters. The molecule has 1 saturated heterocycles. The molecule has 0 radical (unpaired) electrons. The van der Waals surface area contributed by atoms with Gasteiger partial charge in [0.15, 0.2) is 0 Å². The minimum atomic E-state index is -0.115. The summed E-state index contributed by atoms with van der Waals surface area (Å²) in [4.78, 5) is 28.6. The standard InChI is InChI=1S/C22H26N4O2/c23-19-8-4-18(5-9-19)21(27)25-12-14-26(15-13-25)22(28)24-20-10-6-17(7-11-20)16-2-1-3-16/h4-11,16H,1-3,12-15,23H2,(H,24,28). The number of benzene rings is 2. The Morgan fingerprint density at radius 2 is 1.46 bits per heavy atom. The van der Waals surface area contributed by atoms with Gasteiger partial charge in [-0.15, -0.1) is 0 Å². The molecule has 0 spiro atoms. The van der Waals surface area contributed by atoms with Gasteiger partial charge in [0.2, 0.25) is 0 Å². The quantitative estimate of drug-likeness (QED) is 0.802. The maximum absolute atomic E-state index is 12.6. The number of nitrogens with two attached hydrogens (primary N) is 1. The number of hydrogen-bond donors (Lipinski definition) is 2. The van der Waals surface area contributed by atoms with Crippen LogP contribution in [0.2, 0.25) is 0 Å². The lowest BCUT2D eigenvalue weighted by Crippen LogP contribution is -2.51. The highest BCUT2D eigenvalue weighted by atomic mass is 16.2. The van der Waals surface area contributed by atoms with E-state index >= 15 is 0 Å².